The van der Waals surface area contributed by atoms with Crippen molar-refractivity contribution in [1.29, 1.82) is 0 Å². The fourth-order valence-electron chi connectivity index (χ4n) is 6.32. The van der Waals surface area contributed by atoms with Crippen molar-refractivity contribution in [3.05, 3.63) is 33.2 Å². The maximum absolute atomic E-state index is 6.70. The molecule has 2 aromatic carbocycles. The van der Waals surface area contributed by atoms with E-state index in [4.69, 9.17) is 18.9 Å². The molecule has 0 fully saturated rings. The maximum Gasteiger partial charge on any atom is 0.145 e. The van der Waals surface area contributed by atoms with Crippen LogP contribution >= 0.6 is 31.9 Å². The Hall–Kier alpha value is -1.40. The van der Waals surface area contributed by atoms with Crippen molar-refractivity contribution in [2.75, 3.05) is 26.4 Å². The van der Waals surface area contributed by atoms with Crippen molar-refractivity contribution in [1.82, 2.24) is 0 Å². The lowest BCUT2D eigenvalue weighted by molar-refractivity contribution is 0.282. The molecule has 6 heteroatoms. The van der Waals surface area contributed by atoms with E-state index < -0.39 is 0 Å². The van der Waals surface area contributed by atoms with Crippen molar-refractivity contribution in [3.8, 4) is 34.1 Å². The van der Waals surface area contributed by atoms with Gasteiger partial charge >= 0.3 is 0 Å². The van der Waals surface area contributed by atoms with Crippen molar-refractivity contribution < 1.29 is 18.9 Å². The van der Waals surface area contributed by atoms with E-state index in [1.807, 2.05) is 0 Å². The van der Waals surface area contributed by atoms with Crippen LogP contribution in [-0.4, -0.2) is 26.4 Å². The summed E-state index contributed by atoms with van der Waals surface area (Å²) in [6.07, 6.45) is 29.3. The topological polar surface area (TPSA) is 36.9 Å². The van der Waals surface area contributed by atoms with Gasteiger partial charge in [0.2, 0.25) is 0 Å². The van der Waals surface area contributed by atoms with E-state index in [2.05, 4.69) is 83.8 Å². The standard InChI is InChI=1S/C44H72Br2O4/c1-5-9-13-17-21-25-33-47-39-31-29-37(45)43(49-35-27-23-19-15-11-7-3)41(39)42-40(48-34-26-22-18-14-10-6-2)32-30-38(46)44(42)50-36-28-24-20-16-12-8-4/h29-32H,5-28,33-36H2,1-4H3. The highest BCUT2D eigenvalue weighted by Gasteiger charge is 2.26. The molecule has 50 heavy (non-hydrogen) atoms. The second-order valence-electron chi connectivity index (χ2n) is 14.0. The van der Waals surface area contributed by atoms with Gasteiger partial charge in [-0.25, -0.2) is 0 Å². The predicted octanol–water partition coefficient (Wildman–Crippen LogP) is 15.8. The summed E-state index contributed by atoms with van der Waals surface area (Å²) in [5, 5.41) is 0. The second kappa shape index (κ2) is 30.1. The van der Waals surface area contributed by atoms with Crippen molar-refractivity contribution in [3.63, 3.8) is 0 Å². The Balaban J connectivity index is 2.44. The molecule has 0 aliphatic rings. The first-order valence-corrected chi connectivity index (χ1v) is 22.3. The van der Waals surface area contributed by atoms with Crippen molar-refractivity contribution in [2.45, 2.75) is 182 Å². The number of hydrogen-bond donors (Lipinski definition) is 0. The number of rotatable bonds is 33. The van der Waals surface area contributed by atoms with E-state index in [1.54, 1.807) is 0 Å². The third-order valence-corrected chi connectivity index (χ3v) is 10.6. The first-order valence-electron chi connectivity index (χ1n) is 20.7. The monoisotopic (exact) mass is 822 g/mol. The molecule has 0 radical (unpaired) electrons. The molecular formula is C44H72Br2O4. The minimum atomic E-state index is 0.661. The van der Waals surface area contributed by atoms with Gasteiger partial charge in [0.05, 0.1) is 46.5 Å². The van der Waals surface area contributed by atoms with Crippen LogP contribution in [0.15, 0.2) is 33.2 Å². The Morgan fingerprint density at radius 1 is 0.340 bits per heavy atom. The molecule has 0 N–H and O–H groups in total. The summed E-state index contributed by atoms with van der Waals surface area (Å²) >= 11 is 7.76. The molecule has 0 aliphatic heterocycles. The lowest BCUT2D eigenvalue weighted by Crippen LogP contribution is -2.07. The van der Waals surface area contributed by atoms with Crippen LogP contribution in [0.5, 0.6) is 23.0 Å². The molecule has 0 saturated heterocycles. The average Bonchev–Trinajstić information content (AvgIpc) is 3.12. The first-order chi connectivity index (χ1) is 24.6. The lowest BCUT2D eigenvalue weighted by atomic mass is 10.0. The van der Waals surface area contributed by atoms with E-state index in [-0.39, 0.29) is 0 Å². The van der Waals surface area contributed by atoms with Crippen LogP contribution in [0, 0.1) is 0 Å². The molecule has 4 nitrogen and oxygen atoms in total. The normalized spacial score (nSPS) is 11.2. The molecule has 0 amide bonds. The maximum atomic E-state index is 6.70. The molecule has 0 spiro atoms. The summed E-state index contributed by atoms with van der Waals surface area (Å²) in [6.45, 7) is 11.7. The van der Waals surface area contributed by atoms with E-state index in [1.165, 1.54) is 128 Å². The van der Waals surface area contributed by atoms with Crippen LogP contribution in [0.25, 0.3) is 11.1 Å². The van der Waals surface area contributed by atoms with Crippen LogP contribution < -0.4 is 18.9 Å². The largest absolute Gasteiger partial charge is 0.493 e. The summed E-state index contributed by atoms with van der Waals surface area (Å²) in [7, 11) is 0. The first kappa shape index (κ1) is 44.8. The minimum absolute atomic E-state index is 0.661. The Kier molecular flexibility index (Phi) is 26.9. The third kappa shape index (κ3) is 18.4. The Morgan fingerprint density at radius 2 is 0.600 bits per heavy atom. The van der Waals surface area contributed by atoms with Gasteiger partial charge in [-0.2, -0.15) is 0 Å². The van der Waals surface area contributed by atoms with E-state index >= 15 is 0 Å². The van der Waals surface area contributed by atoms with E-state index in [9.17, 15) is 0 Å². The predicted molar refractivity (Wildman–Crippen MR) is 223 cm³/mol. The summed E-state index contributed by atoms with van der Waals surface area (Å²) in [6, 6.07) is 8.32. The number of unbranched alkanes of at least 4 members (excludes halogenated alkanes) is 20. The molecule has 0 aromatic heterocycles. The van der Waals surface area contributed by atoms with E-state index in [0.29, 0.717) is 26.4 Å². The summed E-state index contributed by atoms with van der Waals surface area (Å²) in [4.78, 5) is 0. The molecule has 0 unspecified atom stereocenters. The third-order valence-electron chi connectivity index (χ3n) is 9.39. The highest BCUT2D eigenvalue weighted by atomic mass is 79.9. The van der Waals surface area contributed by atoms with Gasteiger partial charge in [-0.1, -0.05) is 156 Å². The SMILES string of the molecule is CCCCCCCCOc1ccc(Br)c(OCCCCCCCC)c1-c1c(OCCCCCCCC)ccc(Br)c1OCCCCCCCC. The van der Waals surface area contributed by atoms with Crippen LogP contribution in [0.2, 0.25) is 0 Å². The minimum Gasteiger partial charge on any atom is -0.493 e. The summed E-state index contributed by atoms with van der Waals surface area (Å²) < 4.78 is 28.5. The summed E-state index contributed by atoms with van der Waals surface area (Å²) in [5.74, 6) is 3.27. The van der Waals surface area contributed by atoms with Gasteiger partial charge in [0.1, 0.15) is 23.0 Å². The Morgan fingerprint density at radius 3 is 0.900 bits per heavy atom. The van der Waals surface area contributed by atoms with Gasteiger partial charge in [0, 0.05) is 0 Å². The molecule has 2 rings (SSSR count). The molecule has 0 saturated carbocycles. The number of benzene rings is 2. The van der Waals surface area contributed by atoms with Crippen molar-refractivity contribution in [2.24, 2.45) is 0 Å². The highest BCUT2D eigenvalue weighted by Crippen LogP contribution is 2.52. The smallest absolute Gasteiger partial charge is 0.145 e. The average molecular weight is 825 g/mol. The van der Waals surface area contributed by atoms with Gasteiger partial charge in [0.25, 0.3) is 0 Å². The van der Waals surface area contributed by atoms with Crippen LogP contribution in [-0.2, 0) is 0 Å². The number of halogens is 2. The Labute approximate surface area is 324 Å². The highest BCUT2D eigenvalue weighted by molar-refractivity contribution is 9.11. The fraction of sp³-hybridized carbons (Fsp3) is 0.727. The zero-order valence-corrected chi connectivity index (χ0v) is 35.7. The molecule has 2 aromatic rings. The van der Waals surface area contributed by atoms with Crippen LogP contribution in [0.1, 0.15) is 182 Å². The van der Waals surface area contributed by atoms with Gasteiger partial charge in [0.15, 0.2) is 0 Å². The quantitative estimate of drug-likeness (QED) is 0.0672. The van der Waals surface area contributed by atoms with Crippen molar-refractivity contribution >= 4 is 31.9 Å². The molecule has 0 aliphatic carbocycles. The van der Waals surface area contributed by atoms with Gasteiger partial charge in [-0.15, -0.1) is 0 Å². The summed E-state index contributed by atoms with van der Waals surface area (Å²) in [5.41, 5.74) is 1.85. The zero-order valence-electron chi connectivity index (χ0n) is 32.5. The number of ether oxygens (including phenoxy) is 4. The fourth-order valence-corrected chi connectivity index (χ4v) is 7.21. The van der Waals surface area contributed by atoms with Gasteiger partial charge in [-0.05, 0) is 81.8 Å². The second-order valence-corrected chi connectivity index (χ2v) is 15.7. The van der Waals surface area contributed by atoms with Crippen LogP contribution in [0.3, 0.4) is 0 Å². The Bertz CT molecular complexity index is 1030. The lowest BCUT2D eigenvalue weighted by Gasteiger charge is -2.23. The molecule has 0 heterocycles. The van der Waals surface area contributed by atoms with Gasteiger partial charge < -0.3 is 18.9 Å². The molecular weight excluding hydrogens is 752 g/mol. The molecule has 0 bridgehead atoms. The number of hydrogen-bond acceptors (Lipinski definition) is 4. The van der Waals surface area contributed by atoms with Crippen LogP contribution in [0.4, 0.5) is 0 Å². The molecule has 286 valence electrons. The van der Waals surface area contributed by atoms with E-state index in [0.717, 1.165) is 68.8 Å². The van der Waals surface area contributed by atoms with Gasteiger partial charge in [-0.3, -0.25) is 0 Å². The molecule has 0 atom stereocenters. The zero-order chi connectivity index (χ0) is 36.1.